The third-order valence-corrected chi connectivity index (χ3v) is 4.01. The van der Waals surface area contributed by atoms with E-state index in [1.165, 1.54) is 0 Å². The topological polar surface area (TPSA) is 94.2 Å². The molecule has 6 nitrogen and oxygen atoms in total. The van der Waals surface area contributed by atoms with Gasteiger partial charge in [-0.25, -0.2) is 0 Å². The van der Waals surface area contributed by atoms with Crippen LogP contribution in [0.25, 0.3) is 10.9 Å². The fraction of sp³-hybridized carbons (Fsp3) is 0.333. The number of H-pyrrole nitrogens is 1. The number of aromatic nitrogens is 1. The number of hydrogen-bond donors (Lipinski definition) is 4. The van der Waals surface area contributed by atoms with Crippen molar-refractivity contribution in [1.29, 1.82) is 0 Å². The van der Waals surface area contributed by atoms with Crippen molar-refractivity contribution in [3.05, 3.63) is 36.0 Å². The van der Waals surface area contributed by atoms with Crippen molar-refractivity contribution in [2.45, 2.75) is 24.9 Å². The van der Waals surface area contributed by atoms with Crippen molar-refractivity contribution in [2.24, 2.45) is 0 Å². The molecule has 1 unspecified atom stereocenters. The average Bonchev–Trinajstić information content (AvgIpc) is 2.92. The zero-order chi connectivity index (χ0) is 15.0. The third-order valence-electron chi connectivity index (χ3n) is 4.01. The van der Waals surface area contributed by atoms with Crippen molar-refractivity contribution < 1.29 is 14.7 Å². The molecule has 0 saturated carbocycles. The van der Waals surface area contributed by atoms with E-state index in [0.717, 1.165) is 16.5 Å². The van der Waals surface area contributed by atoms with Crippen LogP contribution < -0.4 is 10.6 Å². The normalized spacial score (nSPS) is 23.7. The van der Waals surface area contributed by atoms with Gasteiger partial charge in [0.1, 0.15) is 12.1 Å². The average molecular weight is 287 g/mol. The van der Waals surface area contributed by atoms with Crippen LogP contribution in [0.15, 0.2) is 30.5 Å². The highest BCUT2D eigenvalue weighted by molar-refractivity contribution is 5.98. The van der Waals surface area contributed by atoms with E-state index >= 15 is 0 Å². The lowest BCUT2D eigenvalue weighted by Gasteiger charge is -2.32. The summed E-state index contributed by atoms with van der Waals surface area (Å²) in [6.07, 6.45) is 1.87. The summed E-state index contributed by atoms with van der Waals surface area (Å²) in [5, 5.41) is 15.3. The molecule has 4 N–H and O–H groups in total. The molecule has 3 atom stereocenters. The highest BCUT2D eigenvalue weighted by Gasteiger charge is 2.37. The predicted octanol–water partition coefficient (Wildman–Crippen LogP) is 0.247. The minimum atomic E-state index is -0.857. The molecule has 6 heteroatoms. The lowest BCUT2D eigenvalue weighted by atomic mass is 9.90. The number of para-hydroxylation sites is 1. The number of aliphatic hydroxyl groups is 1. The summed E-state index contributed by atoms with van der Waals surface area (Å²) < 4.78 is 0. The molecule has 21 heavy (non-hydrogen) atoms. The molecule has 1 aliphatic rings. The Morgan fingerprint density at radius 1 is 1.19 bits per heavy atom. The lowest BCUT2D eigenvalue weighted by molar-refractivity contribution is -0.138. The number of fused-ring (bicyclic) bond motifs is 1. The number of benzene rings is 1. The van der Waals surface area contributed by atoms with Crippen LogP contribution in [0.5, 0.6) is 0 Å². The van der Waals surface area contributed by atoms with Crippen LogP contribution in [0.1, 0.15) is 18.4 Å². The van der Waals surface area contributed by atoms with Crippen molar-refractivity contribution in [2.75, 3.05) is 6.61 Å². The van der Waals surface area contributed by atoms with Crippen LogP contribution in [0.3, 0.4) is 0 Å². The van der Waals surface area contributed by atoms with Crippen molar-refractivity contribution in [3.63, 3.8) is 0 Å². The number of amides is 2. The fourth-order valence-corrected chi connectivity index (χ4v) is 2.78. The zero-order valence-corrected chi connectivity index (χ0v) is 11.6. The van der Waals surface area contributed by atoms with Gasteiger partial charge in [-0.2, -0.15) is 0 Å². The Morgan fingerprint density at radius 2 is 1.95 bits per heavy atom. The minimum absolute atomic E-state index is 0.176. The van der Waals surface area contributed by atoms with Gasteiger partial charge in [0.15, 0.2) is 0 Å². The smallest absolute Gasteiger partial charge is 0.245 e. The maximum absolute atomic E-state index is 12.1. The van der Waals surface area contributed by atoms with Crippen LogP contribution in [0.2, 0.25) is 0 Å². The van der Waals surface area contributed by atoms with Gasteiger partial charge < -0.3 is 20.7 Å². The van der Waals surface area contributed by atoms with Crippen molar-refractivity contribution in [1.82, 2.24) is 15.6 Å². The third kappa shape index (κ3) is 2.27. The van der Waals surface area contributed by atoms with Gasteiger partial charge in [0, 0.05) is 23.0 Å². The van der Waals surface area contributed by atoms with Gasteiger partial charge in [-0.15, -0.1) is 0 Å². The van der Waals surface area contributed by atoms with Crippen molar-refractivity contribution in [3.8, 4) is 0 Å². The molecule has 2 amide bonds. The quantitative estimate of drug-likeness (QED) is 0.651. The van der Waals surface area contributed by atoms with E-state index < -0.39 is 18.7 Å². The van der Waals surface area contributed by atoms with Crippen LogP contribution >= 0.6 is 0 Å². The summed E-state index contributed by atoms with van der Waals surface area (Å²) in [5.41, 5.74) is 1.98. The van der Waals surface area contributed by atoms with E-state index in [9.17, 15) is 9.59 Å². The summed E-state index contributed by atoms with van der Waals surface area (Å²) >= 11 is 0. The molecular formula is C15H17N3O3. The molecule has 110 valence electrons. The molecule has 0 radical (unpaired) electrons. The van der Waals surface area contributed by atoms with E-state index in [1.807, 2.05) is 37.4 Å². The van der Waals surface area contributed by atoms with Crippen LogP contribution in [-0.2, 0) is 9.59 Å². The molecule has 3 rings (SSSR count). The number of aromatic amines is 1. The number of piperazine rings is 1. The molecule has 1 aromatic carbocycles. The first-order chi connectivity index (χ1) is 10.1. The van der Waals surface area contributed by atoms with Gasteiger partial charge in [-0.05, 0) is 11.6 Å². The molecule has 0 spiro atoms. The largest absolute Gasteiger partial charge is 0.394 e. The number of carbonyl (C=O) groups is 2. The molecule has 1 saturated heterocycles. The second kappa shape index (κ2) is 5.21. The summed E-state index contributed by atoms with van der Waals surface area (Å²) in [5.74, 6) is -0.801. The molecule has 2 heterocycles. The molecule has 1 aromatic heterocycles. The highest BCUT2D eigenvalue weighted by Crippen LogP contribution is 2.28. The molecule has 2 aromatic rings. The Balaban J connectivity index is 1.90. The van der Waals surface area contributed by atoms with E-state index in [-0.39, 0.29) is 17.7 Å². The number of rotatable bonds is 3. The Hall–Kier alpha value is -2.34. The standard InChI is InChI=1S/C15H17N3O3/c1-8(10-6-16-11-5-3-2-4-9(10)11)13-15(21)17-12(7-19)14(20)18-13/h2-6,8,12-13,16,19H,7H2,1H3,(H,17,21)(H,18,20)/t8?,12-,13-/m1/s1. The number of carbonyl (C=O) groups excluding carboxylic acids is 2. The number of aliphatic hydroxyl groups excluding tert-OH is 1. The maximum Gasteiger partial charge on any atom is 0.245 e. The zero-order valence-electron chi connectivity index (χ0n) is 11.6. The lowest BCUT2D eigenvalue weighted by Crippen LogP contribution is -2.64. The van der Waals surface area contributed by atoms with E-state index in [4.69, 9.17) is 5.11 Å². The minimum Gasteiger partial charge on any atom is -0.394 e. The summed E-state index contributed by atoms with van der Waals surface area (Å²) in [6.45, 7) is 1.51. The van der Waals surface area contributed by atoms with Crippen LogP contribution in [0.4, 0.5) is 0 Å². The van der Waals surface area contributed by atoms with Gasteiger partial charge in [0.05, 0.1) is 6.61 Å². The second-order valence-corrected chi connectivity index (χ2v) is 5.31. The van der Waals surface area contributed by atoms with Gasteiger partial charge >= 0.3 is 0 Å². The Kier molecular flexibility index (Phi) is 3.39. The highest BCUT2D eigenvalue weighted by atomic mass is 16.3. The molecule has 0 bridgehead atoms. The van der Waals surface area contributed by atoms with Crippen LogP contribution in [-0.4, -0.2) is 40.6 Å². The summed E-state index contributed by atoms with van der Waals surface area (Å²) in [6, 6.07) is 6.33. The van der Waals surface area contributed by atoms with Gasteiger partial charge in [0.2, 0.25) is 11.8 Å². The first-order valence-corrected chi connectivity index (χ1v) is 6.89. The monoisotopic (exact) mass is 287 g/mol. The molecule has 1 aliphatic heterocycles. The van der Waals surface area contributed by atoms with Gasteiger partial charge in [-0.1, -0.05) is 25.1 Å². The Bertz CT molecular complexity index is 694. The van der Waals surface area contributed by atoms with Crippen molar-refractivity contribution >= 4 is 22.7 Å². The molecule has 0 aliphatic carbocycles. The van der Waals surface area contributed by atoms with Gasteiger partial charge in [-0.3, -0.25) is 9.59 Å². The Morgan fingerprint density at radius 3 is 2.71 bits per heavy atom. The maximum atomic E-state index is 12.1. The number of hydrogen-bond acceptors (Lipinski definition) is 3. The fourth-order valence-electron chi connectivity index (χ4n) is 2.78. The van der Waals surface area contributed by atoms with Crippen LogP contribution in [0, 0.1) is 0 Å². The van der Waals surface area contributed by atoms with Gasteiger partial charge in [0.25, 0.3) is 0 Å². The molecular weight excluding hydrogens is 270 g/mol. The second-order valence-electron chi connectivity index (χ2n) is 5.31. The summed E-state index contributed by atoms with van der Waals surface area (Å²) in [4.78, 5) is 27.1. The first kappa shape index (κ1) is 13.6. The van der Waals surface area contributed by atoms with E-state index in [2.05, 4.69) is 15.6 Å². The predicted molar refractivity (Wildman–Crippen MR) is 77.7 cm³/mol. The van der Waals surface area contributed by atoms with E-state index in [1.54, 1.807) is 0 Å². The first-order valence-electron chi connectivity index (χ1n) is 6.89. The summed E-state index contributed by atoms with van der Waals surface area (Å²) in [7, 11) is 0. The number of nitrogens with one attached hydrogen (secondary N) is 3. The molecule has 1 fully saturated rings. The Labute approximate surface area is 121 Å². The van der Waals surface area contributed by atoms with E-state index in [0.29, 0.717) is 0 Å². The SMILES string of the molecule is CC(c1c[nH]c2ccccc12)[C@H]1NC(=O)[C@@H](CO)NC1=O.